The van der Waals surface area contributed by atoms with Crippen LogP contribution in [0.3, 0.4) is 0 Å². The van der Waals surface area contributed by atoms with Crippen molar-refractivity contribution < 1.29 is 17.9 Å². The van der Waals surface area contributed by atoms with Crippen LogP contribution in [0.2, 0.25) is 0 Å². The fourth-order valence-electron chi connectivity index (χ4n) is 2.89. The highest BCUT2D eigenvalue weighted by Gasteiger charge is 2.24. The Morgan fingerprint density at radius 2 is 2.07 bits per heavy atom. The van der Waals surface area contributed by atoms with Gasteiger partial charge < -0.3 is 9.64 Å². The van der Waals surface area contributed by atoms with E-state index in [9.17, 15) is 13.2 Å². The van der Waals surface area contributed by atoms with Gasteiger partial charge in [0.25, 0.3) is 0 Å². The van der Waals surface area contributed by atoms with Gasteiger partial charge in [-0.05, 0) is 28.5 Å². The summed E-state index contributed by atoms with van der Waals surface area (Å²) in [6, 6.07) is 5.32. The first-order valence-electron chi connectivity index (χ1n) is 8.68. The third-order valence-electron chi connectivity index (χ3n) is 4.60. The molecule has 0 bridgehead atoms. The Morgan fingerprint density at radius 3 is 2.63 bits per heavy atom. The molecule has 0 unspecified atom stereocenters. The minimum absolute atomic E-state index is 0.00110. The zero-order chi connectivity index (χ0) is 19.4. The molecule has 27 heavy (non-hydrogen) atoms. The van der Waals surface area contributed by atoms with Gasteiger partial charge in [-0.2, -0.15) is 11.3 Å². The first-order valence-corrected chi connectivity index (χ1v) is 11.5. The van der Waals surface area contributed by atoms with Crippen molar-refractivity contribution in [3.05, 3.63) is 40.7 Å². The molecule has 1 aliphatic rings. The van der Waals surface area contributed by atoms with E-state index in [4.69, 9.17) is 4.74 Å². The van der Waals surface area contributed by atoms with Crippen LogP contribution in [0.1, 0.15) is 18.4 Å². The van der Waals surface area contributed by atoms with Gasteiger partial charge in [-0.15, -0.1) is 0 Å². The number of rotatable bonds is 6. The Bertz CT molecular complexity index is 859. The number of hydrogen-bond acceptors (Lipinski definition) is 6. The molecule has 1 aliphatic heterocycles. The standard InChI is InChI=1S/C18H23N3O4S2/c1-20(27(2,23)24)15-3-4-17(19-12-15)25-16-5-8-21(9-6-16)18(22)11-14-7-10-26-13-14/h3-4,7,10,12-13,16H,5-6,8-9,11H2,1-2H3. The van der Waals surface area contributed by atoms with E-state index in [-0.39, 0.29) is 12.0 Å². The molecule has 0 aliphatic carbocycles. The van der Waals surface area contributed by atoms with Crippen molar-refractivity contribution in [1.82, 2.24) is 9.88 Å². The number of thiophene rings is 1. The van der Waals surface area contributed by atoms with Gasteiger partial charge in [-0.25, -0.2) is 13.4 Å². The highest BCUT2D eigenvalue weighted by atomic mass is 32.2. The van der Waals surface area contributed by atoms with E-state index in [2.05, 4.69) is 4.98 Å². The summed E-state index contributed by atoms with van der Waals surface area (Å²) in [4.78, 5) is 18.4. The molecule has 0 saturated carbocycles. The number of sulfonamides is 1. The van der Waals surface area contributed by atoms with Crippen molar-refractivity contribution >= 4 is 33.0 Å². The summed E-state index contributed by atoms with van der Waals surface area (Å²) in [6.07, 6.45) is 4.58. The number of nitrogens with zero attached hydrogens (tertiary/aromatic N) is 3. The molecule has 2 aromatic rings. The molecular weight excluding hydrogens is 386 g/mol. The molecule has 0 atom stereocenters. The summed E-state index contributed by atoms with van der Waals surface area (Å²) in [6.45, 7) is 1.34. The summed E-state index contributed by atoms with van der Waals surface area (Å²) < 4.78 is 30.2. The lowest BCUT2D eigenvalue weighted by molar-refractivity contribution is -0.132. The van der Waals surface area contributed by atoms with Gasteiger partial charge in [0.15, 0.2) is 0 Å². The normalized spacial score (nSPS) is 15.6. The predicted octanol–water partition coefficient (Wildman–Crippen LogP) is 2.15. The average Bonchev–Trinajstić information content (AvgIpc) is 3.14. The van der Waals surface area contributed by atoms with Crippen LogP contribution in [0.15, 0.2) is 35.2 Å². The number of anilines is 1. The number of ether oxygens (including phenoxy) is 1. The number of aromatic nitrogens is 1. The molecule has 7 nitrogen and oxygen atoms in total. The molecule has 3 heterocycles. The zero-order valence-corrected chi connectivity index (χ0v) is 17.0. The van der Waals surface area contributed by atoms with Gasteiger partial charge in [-0.3, -0.25) is 9.10 Å². The van der Waals surface area contributed by atoms with E-state index in [0.717, 1.165) is 24.7 Å². The first kappa shape index (κ1) is 19.6. The van der Waals surface area contributed by atoms with Crippen molar-refractivity contribution in [2.45, 2.75) is 25.4 Å². The molecule has 9 heteroatoms. The Balaban J connectivity index is 1.49. The third kappa shape index (κ3) is 5.20. The molecule has 3 rings (SSSR count). The van der Waals surface area contributed by atoms with Crippen LogP contribution < -0.4 is 9.04 Å². The van der Waals surface area contributed by atoms with E-state index in [1.807, 2.05) is 21.7 Å². The van der Waals surface area contributed by atoms with Gasteiger partial charge in [0, 0.05) is 39.0 Å². The van der Waals surface area contributed by atoms with E-state index >= 15 is 0 Å². The number of piperidine rings is 1. The second kappa shape index (κ2) is 8.26. The van der Waals surface area contributed by atoms with Crippen molar-refractivity contribution in [2.24, 2.45) is 0 Å². The lowest BCUT2D eigenvalue weighted by atomic mass is 10.1. The van der Waals surface area contributed by atoms with Crippen molar-refractivity contribution in [2.75, 3.05) is 30.7 Å². The SMILES string of the molecule is CN(c1ccc(OC2CCN(C(=O)Cc3ccsc3)CC2)nc1)S(C)(=O)=O. The van der Waals surface area contributed by atoms with Gasteiger partial charge in [-0.1, -0.05) is 0 Å². The molecule has 2 aromatic heterocycles. The number of amides is 1. The fourth-order valence-corrected chi connectivity index (χ4v) is 4.05. The fraction of sp³-hybridized carbons (Fsp3) is 0.444. The Labute approximate surface area is 163 Å². The highest BCUT2D eigenvalue weighted by molar-refractivity contribution is 7.92. The number of carbonyl (C=O) groups is 1. The van der Waals surface area contributed by atoms with Crippen LogP contribution in [0.4, 0.5) is 5.69 Å². The smallest absolute Gasteiger partial charge is 0.232 e. The van der Waals surface area contributed by atoms with Gasteiger partial charge >= 0.3 is 0 Å². The second-order valence-corrected chi connectivity index (χ2v) is 9.39. The summed E-state index contributed by atoms with van der Waals surface area (Å²) >= 11 is 1.60. The van der Waals surface area contributed by atoms with Crippen molar-refractivity contribution in [1.29, 1.82) is 0 Å². The van der Waals surface area contributed by atoms with Crippen LogP contribution in [0, 0.1) is 0 Å². The number of hydrogen-bond donors (Lipinski definition) is 0. The maximum atomic E-state index is 12.3. The van der Waals surface area contributed by atoms with E-state index < -0.39 is 10.0 Å². The first-order chi connectivity index (χ1) is 12.8. The zero-order valence-electron chi connectivity index (χ0n) is 15.4. The molecule has 1 fully saturated rings. The van der Waals surface area contributed by atoms with Crippen LogP contribution >= 0.6 is 11.3 Å². The van der Waals surface area contributed by atoms with Crippen LogP contribution in [0.5, 0.6) is 5.88 Å². The summed E-state index contributed by atoms with van der Waals surface area (Å²) in [5.41, 5.74) is 1.55. The van der Waals surface area contributed by atoms with E-state index in [1.54, 1.807) is 23.5 Å². The lowest BCUT2D eigenvalue weighted by Crippen LogP contribution is -2.42. The third-order valence-corrected chi connectivity index (χ3v) is 6.54. The Kier molecular flexibility index (Phi) is 6.01. The van der Waals surface area contributed by atoms with Crippen LogP contribution in [-0.4, -0.2) is 56.7 Å². The molecule has 0 spiro atoms. The summed E-state index contributed by atoms with van der Waals surface area (Å²) in [7, 11) is -1.83. The maximum Gasteiger partial charge on any atom is 0.232 e. The van der Waals surface area contributed by atoms with Crippen molar-refractivity contribution in [3.8, 4) is 5.88 Å². The highest BCUT2D eigenvalue weighted by Crippen LogP contribution is 2.21. The van der Waals surface area contributed by atoms with Crippen LogP contribution in [-0.2, 0) is 21.2 Å². The largest absolute Gasteiger partial charge is 0.474 e. The quantitative estimate of drug-likeness (QED) is 0.730. The van der Waals surface area contributed by atoms with Crippen molar-refractivity contribution in [3.63, 3.8) is 0 Å². The number of pyridine rings is 1. The molecule has 146 valence electrons. The second-order valence-electron chi connectivity index (χ2n) is 6.59. The minimum Gasteiger partial charge on any atom is -0.474 e. The van der Waals surface area contributed by atoms with E-state index in [1.165, 1.54) is 17.5 Å². The van der Waals surface area contributed by atoms with Crippen LogP contribution in [0.25, 0.3) is 0 Å². The predicted molar refractivity (Wildman–Crippen MR) is 106 cm³/mol. The summed E-state index contributed by atoms with van der Waals surface area (Å²) in [5, 5.41) is 3.99. The lowest BCUT2D eigenvalue weighted by Gasteiger charge is -2.32. The molecule has 1 saturated heterocycles. The topological polar surface area (TPSA) is 79.8 Å². The molecule has 0 N–H and O–H groups in total. The molecule has 1 amide bonds. The van der Waals surface area contributed by atoms with Gasteiger partial charge in [0.2, 0.25) is 21.8 Å². The number of likely N-dealkylation sites (tertiary alicyclic amines) is 1. The van der Waals surface area contributed by atoms with Gasteiger partial charge in [0.05, 0.1) is 24.6 Å². The number of carbonyl (C=O) groups excluding carboxylic acids is 1. The van der Waals surface area contributed by atoms with E-state index in [0.29, 0.717) is 31.1 Å². The van der Waals surface area contributed by atoms with Gasteiger partial charge in [0.1, 0.15) is 6.10 Å². The average molecular weight is 410 g/mol. The maximum absolute atomic E-state index is 12.3. The monoisotopic (exact) mass is 409 g/mol. The molecule has 0 aromatic carbocycles. The Morgan fingerprint density at radius 1 is 1.33 bits per heavy atom. The summed E-state index contributed by atoms with van der Waals surface area (Å²) in [5.74, 6) is 0.613. The Hall–Kier alpha value is -2.13. The molecular formula is C18H23N3O4S2. The minimum atomic E-state index is -3.31. The molecule has 0 radical (unpaired) electrons.